The molecule has 0 aliphatic rings. The van der Waals surface area contributed by atoms with Crippen LogP contribution in [0.15, 0.2) is 66.3 Å². The van der Waals surface area contributed by atoms with Crippen LogP contribution < -0.4 is 5.32 Å². The summed E-state index contributed by atoms with van der Waals surface area (Å²) in [6.07, 6.45) is 3.54. The molecular formula is C18H15N3OS. The fraction of sp³-hybridized carbons (Fsp3) is 0.0556. The molecule has 4 nitrogen and oxygen atoms in total. The third kappa shape index (κ3) is 3.52. The molecule has 0 saturated carbocycles. The summed E-state index contributed by atoms with van der Waals surface area (Å²) in [5.74, 6) is -0.184. The Morgan fingerprint density at radius 3 is 2.78 bits per heavy atom. The van der Waals surface area contributed by atoms with Crippen LogP contribution >= 0.6 is 11.3 Å². The van der Waals surface area contributed by atoms with E-state index in [0.29, 0.717) is 5.57 Å². The quantitative estimate of drug-likeness (QED) is 0.725. The van der Waals surface area contributed by atoms with Gasteiger partial charge in [-0.2, -0.15) is 0 Å². The lowest BCUT2D eigenvalue weighted by atomic mass is 10.1. The van der Waals surface area contributed by atoms with Gasteiger partial charge in [-0.1, -0.05) is 18.7 Å². The normalized spacial score (nSPS) is 10.3. The van der Waals surface area contributed by atoms with E-state index in [2.05, 4.69) is 21.9 Å². The summed E-state index contributed by atoms with van der Waals surface area (Å²) in [7, 11) is 0. The molecule has 1 amide bonds. The Morgan fingerprint density at radius 1 is 1.22 bits per heavy atom. The van der Waals surface area contributed by atoms with Gasteiger partial charge in [-0.15, -0.1) is 11.3 Å². The number of rotatable bonds is 4. The molecule has 3 aromatic rings. The average Bonchev–Trinajstić information content (AvgIpc) is 3.06. The topological polar surface area (TPSA) is 54.9 Å². The van der Waals surface area contributed by atoms with Crippen LogP contribution in [0.4, 0.5) is 5.69 Å². The molecule has 0 atom stereocenters. The molecule has 0 aliphatic heterocycles. The number of hydrogen-bond donors (Lipinski definition) is 1. The predicted molar refractivity (Wildman–Crippen MR) is 94.2 cm³/mol. The van der Waals surface area contributed by atoms with Crippen LogP contribution in [-0.4, -0.2) is 15.9 Å². The van der Waals surface area contributed by atoms with Gasteiger partial charge in [0.25, 0.3) is 5.91 Å². The maximum Gasteiger partial charge on any atom is 0.250 e. The van der Waals surface area contributed by atoms with E-state index >= 15 is 0 Å². The number of carbonyl (C=O) groups is 1. The minimum atomic E-state index is -0.184. The Balaban J connectivity index is 1.87. The Bertz CT molecular complexity index is 855. The highest BCUT2D eigenvalue weighted by atomic mass is 32.1. The van der Waals surface area contributed by atoms with Gasteiger partial charge in [0, 0.05) is 40.2 Å². The summed E-state index contributed by atoms with van der Waals surface area (Å²) in [5, 5.41) is 5.74. The van der Waals surface area contributed by atoms with E-state index in [1.165, 1.54) is 0 Å². The zero-order valence-corrected chi connectivity index (χ0v) is 13.4. The highest BCUT2D eigenvalue weighted by molar-refractivity contribution is 7.13. The van der Waals surface area contributed by atoms with Gasteiger partial charge < -0.3 is 5.32 Å². The van der Waals surface area contributed by atoms with Crippen molar-refractivity contribution in [1.82, 2.24) is 9.97 Å². The molecule has 2 heterocycles. The lowest BCUT2D eigenvalue weighted by Crippen LogP contribution is -2.11. The smallest absolute Gasteiger partial charge is 0.250 e. The van der Waals surface area contributed by atoms with Crippen molar-refractivity contribution in [3.63, 3.8) is 0 Å². The summed E-state index contributed by atoms with van der Waals surface area (Å²) in [5.41, 5.74) is 4.03. The van der Waals surface area contributed by atoms with Crippen LogP contribution in [0.25, 0.3) is 21.8 Å². The minimum absolute atomic E-state index is 0.184. The van der Waals surface area contributed by atoms with Crippen LogP contribution in [0.2, 0.25) is 0 Å². The first kappa shape index (κ1) is 15.1. The standard InChI is InChI=1S/C18H15N3OS/c1-12(2)17(22)20-15-7-3-5-13(9-15)16-11-23-18(21-16)14-6-4-8-19-10-14/h3-11H,1H2,2H3,(H,20,22). The molecule has 0 saturated heterocycles. The van der Waals surface area contributed by atoms with E-state index < -0.39 is 0 Å². The van der Waals surface area contributed by atoms with Crippen molar-refractivity contribution < 1.29 is 4.79 Å². The second-order valence-corrected chi connectivity index (χ2v) is 5.95. The third-order valence-electron chi connectivity index (χ3n) is 3.22. The van der Waals surface area contributed by atoms with Crippen molar-refractivity contribution >= 4 is 22.9 Å². The van der Waals surface area contributed by atoms with Gasteiger partial charge in [-0.25, -0.2) is 4.98 Å². The van der Waals surface area contributed by atoms with Crippen molar-refractivity contribution in [2.45, 2.75) is 6.92 Å². The van der Waals surface area contributed by atoms with Crippen LogP contribution in [-0.2, 0) is 4.79 Å². The number of nitrogens with zero attached hydrogens (tertiary/aromatic N) is 2. The molecule has 23 heavy (non-hydrogen) atoms. The largest absolute Gasteiger partial charge is 0.322 e. The molecule has 0 aliphatic carbocycles. The first-order valence-corrected chi connectivity index (χ1v) is 7.94. The van der Waals surface area contributed by atoms with Crippen molar-refractivity contribution in [2.75, 3.05) is 5.32 Å². The van der Waals surface area contributed by atoms with E-state index in [1.54, 1.807) is 30.7 Å². The number of benzene rings is 1. The van der Waals surface area contributed by atoms with Gasteiger partial charge in [0.15, 0.2) is 0 Å². The molecule has 1 N–H and O–H groups in total. The molecule has 0 radical (unpaired) electrons. The maximum atomic E-state index is 11.7. The van der Waals surface area contributed by atoms with Crippen molar-refractivity contribution in [1.29, 1.82) is 0 Å². The van der Waals surface area contributed by atoms with Gasteiger partial charge in [-0.3, -0.25) is 9.78 Å². The van der Waals surface area contributed by atoms with Crippen LogP contribution in [0, 0.1) is 0 Å². The highest BCUT2D eigenvalue weighted by Crippen LogP contribution is 2.29. The fourth-order valence-electron chi connectivity index (χ4n) is 2.02. The minimum Gasteiger partial charge on any atom is -0.322 e. The third-order valence-corrected chi connectivity index (χ3v) is 4.11. The van der Waals surface area contributed by atoms with Crippen LogP contribution in [0.5, 0.6) is 0 Å². The molecule has 0 bridgehead atoms. The Morgan fingerprint density at radius 2 is 2.04 bits per heavy atom. The van der Waals surface area contributed by atoms with E-state index in [1.807, 2.05) is 41.8 Å². The lowest BCUT2D eigenvalue weighted by molar-refractivity contribution is -0.112. The second kappa shape index (κ2) is 6.54. The Hall–Kier alpha value is -2.79. The van der Waals surface area contributed by atoms with E-state index in [4.69, 9.17) is 0 Å². The van der Waals surface area contributed by atoms with Gasteiger partial charge in [0.1, 0.15) is 5.01 Å². The summed E-state index contributed by atoms with van der Waals surface area (Å²) in [6, 6.07) is 11.5. The molecular weight excluding hydrogens is 306 g/mol. The van der Waals surface area contributed by atoms with E-state index in [-0.39, 0.29) is 5.91 Å². The van der Waals surface area contributed by atoms with Gasteiger partial charge in [0.2, 0.25) is 0 Å². The maximum absolute atomic E-state index is 11.7. The molecule has 5 heteroatoms. The number of pyridine rings is 1. The van der Waals surface area contributed by atoms with Gasteiger partial charge >= 0.3 is 0 Å². The number of carbonyl (C=O) groups excluding carboxylic acids is 1. The first-order chi connectivity index (χ1) is 11.1. The monoisotopic (exact) mass is 321 g/mol. The first-order valence-electron chi connectivity index (χ1n) is 7.07. The summed E-state index contributed by atoms with van der Waals surface area (Å²) in [6.45, 7) is 5.32. The second-order valence-electron chi connectivity index (χ2n) is 5.09. The van der Waals surface area contributed by atoms with Crippen molar-refractivity contribution in [3.8, 4) is 21.8 Å². The number of nitrogens with one attached hydrogen (secondary N) is 1. The van der Waals surface area contributed by atoms with Gasteiger partial charge in [0.05, 0.1) is 5.69 Å². The average molecular weight is 321 g/mol. The zero-order chi connectivity index (χ0) is 16.2. The van der Waals surface area contributed by atoms with Crippen LogP contribution in [0.3, 0.4) is 0 Å². The molecule has 114 valence electrons. The lowest BCUT2D eigenvalue weighted by Gasteiger charge is -2.06. The Kier molecular flexibility index (Phi) is 4.30. The molecule has 2 aromatic heterocycles. The van der Waals surface area contributed by atoms with Gasteiger partial charge in [-0.05, 0) is 31.2 Å². The van der Waals surface area contributed by atoms with Crippen molar-refractivity contribution in [3.05, 3.63) is 66.3 Å². The predicted octanol–water partition coefficient (Wildman–Crippen LogP) is 4.39. The SMILES string of the molecule is C=C(C)C(=O)Nc1cccc(-c2csc(-c3cccnc3)n2)c1. The fourth-order valence-corrected chi connectivity index (χ4v) is 2.84. The van der Waals surface area contributed by atoms with Crippen molar-refractivity contribution in [2.24, 2.45) is 0 Å². The zero-order valence-electron chi connectivity index (χ0n) is 12.6. The number of aromatic nitrogens is 2. The Labute approximate surface area is 138 Å². The molecule has 0 unspecified atom stereocenters. The number of thiazole rings is 1. The number of hydrogen-bond acceptors (Lipinski definition) is 4. The molecule has 1 aromatic carbocycles. The number of anilines is 1. The van der Waals surface area contributed by atoms with E-state index in [0.717, 1.165) is 27.5 Å². The summed E-state index contributed by atoms with van der Waals surface area (Å²) in [4.78, 5) is 20.5. The molecule has 3 rings (SSSR count). The molecule has 0 fully saturated rings. The highest BCUT2D eigenvalue weighted by Gasteiger charge is 2.08. The number of amides is 1. The van der Waals surface area contributed by atoms with Crippen LogP contribution in [0.1, 0.15) is 6.92 Å². The summed E-state index contributed by atoms with van der Waals surface area (Å²) < 4.78 is 0. The van der Waals surface area contributed by atoms with E-state index in [9.17, 15) is 4.79 Å². The molecule has 0 spiro atoms. The summed E-state index contributed by atoms with van der Waals surface area (Å²) >= 11 is 1.57.